The molecule has 1 amide bonds. The highest BCUT2D eigenvalue weighted by molar-refractivity contribution is 5.77. The van der Waals surface area contributed by atoms with E-state index in [4.69, 9.17) is 4.74 Å². The van der Waals surface area contributed by atoms with Crippen molar-refractivity contribution >= 4 is 5.91 Å². The van der Waals surface area contributed by atoms with Gasteiger partial charge >= 0.3 is 0 Å². The fraction of sp³-hybridized carbons (Fsp3) is 0.647. The molecule has 1 saturated heterocycles. The maximum atomic E-state index is 12.9. The lowest BCUT2D eigenvalue weighted by Gasteiger charge is -2.37. The van der Waals surface area contributed by atoms with Gasteiger partial charge in [0.05, 0.1) is 19.8 Å². The summed E-state index contributed by atoms with van der Waals surface area (Å²) in [4.78, 5) is 17.1. The summed E-state index contributed by atoms with van der Waals surface area (Å²) in [6.45, 7) is 9.81. The smallest absolute Gasteiger partial charge is 0.245 e. The molecule has 1 aromatic heterocycles. The van der Waals surface area contributed by atoms with Gasteiger partial charge in [0, 0.05) is 25.2 Å². The first-order valence-corrected chi connectivity index (χ1v) is 8.83. The Balaban J connectivity index is 1.67. The lowest BCUT2D eigenvalue weighted by atomic mass is 10.0. The number of morpholine rings is 1. The van der Waals surface area contributed by atoms with Gasteiger partial charge in [-0.05, 0) is 30.2 Å². The average Bonchev–Trinajstić information content (AvgIpc) is 3.03. The molecule has 2 aliphatic rings. The molecule has 136 valence electrons. The Hall–Kier alpha value is -2.06. The van der Waals surface area contributed by atoms with Gasteiger partial charge in [-0.25, -0.2) is 4.68 Å². The van der Waals surface area contributed by atoms with Crippen LogP contribution >= 0.6 is 0 Å². The van der Waals surface area contributed by atoms with Crippen LogP contribution in [0.25, 0.3) is 0 Å². The van der Waals surface area contributed by atoms with E-state index in [-0.39, 0.29) is 24.5 Å². The van der Waals surface area contributed by atoms with E-state index in [0.717, 1.165) is 45.0 Å². The molecule has 3 heterocycles. The van der Waals surface area contributed by atoms with Gasteiger partial charge in [0.15, 0.2) is 5.82 Å². The SMILES string of the molecule is C=CC[C@@H]1CC=C[C@@H](C)N1C(=O)Cn1nnnc1CN1CCOCC1. The van der Waals surface area contributed by atoms with Gasteiger partial charge < -0.3 is 9.64 Å². The van der Waals surface area contributed by atoms with Gasteiger partial charge in [0.25, 0.3) is 0 Å². The molecule has 2 aliphatic heterocycles. The quantitative estimate of drug-likeness (QED) is 0.703. The van der Waals surface area contributed by atoms with Gasteiger partial charge in [0.2, 0.25) is 5.91 Å². The van der Waals surface area contributed by atoms with Crippen LogP contribution in [0.1, 0.15) is 25.6 Å². The van der Waals surface area contributed by atoms with E-state index in [1.165, 1.54) is 0 Å². The Labute approximate surface area is 148 Å². The number of hydrogen-bond donors (Lipinski definition) is 0. The van der Waals surface area contributed by atoms with Crippen LogP contribution in [-0.4, -0.2) is 74.3 Å². The maximum Gasteiger partial charge on any atom is 0.245 e. The normalized spacial score (nSPS) is 24.4. The standard InChI is InChI=1S/C17H26N6O2/c1-3-5-15-7-4-6-14(2)23(15)17(24)13-22-16(18-19-20-22)12-21-8-10-25-11-9-21/h3-4,6,14-15H,1,5,7-13H2,2H3/t14-,15-/m1/s1. The molecule has 0 bridgehead atoms. The van der Waals surface area contributed by atoms with Crippen LogP contribution in [0.3, 0.4) is 0 Å². The number of carbonyl (C=O) groups excluding carboxylic acids is 1. The second-order valence-electron chi connectivity index (χ2n) is 6.52. The molecule has 8 nitrogen and oxygen atoms in total. The minimum Gasteiger partial charge on any atom is -0.379 e. The molecule has 0 unspecified atom stereocenters. The number of nitrogens with zero attached hydrogens (tertiary/aromatic N) is 6. The van der Waals surface area contributed by atoms with Gasteiger partial charge in [-0.1, -0.05) is 18.2 Å². The summed E-state index contributed by atoms with van der Waals surface area (Å²) < 4.78 is 6.98. The Morgan fingerprint density at radius 1 is 1.44 bits per heavy atom. The molecule has 0 aromatic carbocycles. The van der Waals surface area contributed by atoms with Gasteiger partial charge in [-0.15, -0.1) is 11.7 Å². The Morgan fingerprint density at radius 2 is 2.24 bits per heavy atom. The molecular formula is C17H26N6O2. The largest absolute Gasteiger partial charge is 0.379 e. The highest BCUT2D eigenvalue weighted by Gasteiger charge is 2.29. The van der Waals surface area contributed by atoms with Crippen LogP contribution in [0.2, 0.25) is 0 Å². The number of amides is 1. The Morgan fingerprint density at radius 3 is 3.00 bits per heavy atom. The first kappa shape index (κ1) is 17.8. The van der Waals surface area contributed by atoms with Crippen molar-refractivity contribution in [1.82, 2.24) is 30.0 Å². The van der Waals surface area contributed by atoms with Crippen molar-refractivity contribution in [3.63, 3.8) is 0 Å². The third kappa shape index (κ3) is 4.32. The van der Waals surface area contributed by atoms with E-state index in [1.807, 2.05) is 17.9 Å². The number of hydrogen-bond acceptors (Lipinski definition) is 6. The van der Waals surface area contributed by atoms with Crippen molar-refractivity contribution < 1.29 is 9.53 Å². The predicted molar refractivity (Wildman–Crippen MR) is 92.6 cm³/mol. The summed E-state index contributed by atoms with van der Waals surface area (Å²) >= 11 is 0. The molecular weight excluding hydrogens is 320 g/mol. The topological polar surface area (TPSA) is 76.4 Å². The van der Waals surface area contributed by atoms with E-state index < -0.39 is 0 Å². The van der Waals surface area contributed by atoms with Crippen molar-refractivity contribution in [3.8, 4) is 0 Å². The molecule has 1 fully saturated rings. The lowest BCUT2D eigenvalue weighted by molar-refractivity contribution is -0.136. The van der Waals surface area contributed by atoms with E-state index in [9.17, 15) is 4.79 Å². The summed E-state index contributed by atoms with van der Waals surface area (Å²) in [7, 11) is 0. The summed E-state index contributed by atoms with van der Waals surface area (Å²) in [5, 5.41) is 11.9. The molecule has 2 atom stereocenters. The number of tetrazole rings is 1. The predicted octanol–water partition coefficient (Wildman–Crippen LogP) is 0.627. The molecule has 1 aromatic rings. The minimum atomic E-state index is 0.0410. The van der Waals surface area contributed by atoms with E-state index in [0.29, 0.717) is 6.54 Å². The zero-order valence-electron chi connectivity index (χ0n) is 14.8. The zero-order valence-corrected chi connectivity index (χ0v) is 14.8. The van der Waals surface area contributed by atoms with Crippen molar-refractivity contribution in [2.24, 2.45) is 0 Å². The molecule has 8 heteroatoms. The summed E-state index contributed by atoms with van der Waals surface area (Å²) in [6, 6.07) is 0.231. The van der Waals surface area contributed by atoms with Crippen LogP contribution in [-0.2, 0) is 22.6 Å². The number of rotatable bonds is 6. The van der Waals surface area contributed by atoms with E-state index in [2.05, 4.69) is 39.2 Å². The Bertz CT molecular complexity index is 622. The maximum absolute atomic E-state index is 12.9. The first-order chi connectivity index (χ1) is 12.2. The van der Waals surface area contributed by atoms with Crippen LogP contribution in [0.15, 0.2) is 24.8 Å². The first-order valence-electron chi connectivity index (χ1n) is 8.83. The number of aromatic nitrogens is 4. The average molecular weight is 346 g/mol. The Kier molecular flexibility index (Phi) is 5.93. The summed E-state index contributed by atoms with van der Waals surface area (Å²) in [5.41, 5.74) is 0. The van der Waals surface area contributed by atoms with Crippen molar-refractivity contribution in [2.45, 2.75) is 44.9 Å². The monoisotopic (exact) mass is 346 g/mol. The summed E-state index contributed by atoms with van der Waals surface area (Å²) in [5.74, 6) is 0.759. The van der Waals surface area contributed by atoms with Crippen LogP contribution < -0.4 is 0 Å². The number of carbonyl (C=O) groups is 1. The molecule has 0 saturated carbocycles. The highest BCUT2D eigenvalue weighted by Crippen LogP contribution is 2.21. The van der Waals surface area contributed by atoms with Crippen LogP contribution in [0, 0.1) is 0 Å². The molecule has 25 heavy (non-hydrogen) atoms. The zero-order chi connectivity index (χ0) is 17.6. The van der Waals surface area contributed by atoms with Gasteiger partial charge in [-0.2, -0.15) is 0 Å². The number of ether oxygens (including phenoxy) is 1. The summed E-state index contributed by atoms with van der Waals surface area (Å²) in [6.07, 6.45) is 7.74. The molecule has 0 radical (unpaired) electrons. The third-order valence-electron chi connectivity index (χ3n) is 4.74. The van der Waals surface area contributed by atoms with Crippen molar-refractivity contribution in [3.05, 3.63) is 30.6 Å². The fourth-order valence-corrected chi connectivity index (χ4v) is 3.43. The van der Waals surface area contributed by atoms with E-state index in [1.54, 1.807) is 4.68 Å². The van der Waals surface area contributed by atoms with Gasteiger partial charge in [0.1, 0.15) is 6.54 Å². The van der Waals surface area contributed by atoms with Gasteiger partial charge in [-0.3, -0.25) is 9.69 Å². The molecule has 0 spiro atoms. The highest BCUT2D eigenvalue weighted by atomic mass is 16.5. The lowest BCUT2D eigenvalue weighted by Crippen LogP contribution is -2.48. The minimum absolute atomic E-state index is 0.0410. The van der Waals surface area contributed by atoms with Crippen LogP contribution in [0.4, 0.5) is 0 Å². The second kappa shape index (κ2) is 8.35. The fourth-order valence-electron chi connectivity index (χ4n) is 3.43. The van der Waals surface area contributed by atoms with Crippen LogP contribution in [0.5, 0.6) is 0 Å². The van der Waals surface area contributed by atoms with E-state index >= 15 is 0 Å². The second-order valence-corrected chi connectivity index (χ2v) is 6.52. The molecule has 0 N–H and O–H groups in total. The molecule has 3 rings (SSSR count). The third-order valence-corrected chi connectivity index (χ3v) is 4.74. The molecule has 0 aliphatic carbocycles. The van der Waals surface area contributed by atoms with Crippen molar-refractivity contribution in [2.75, 3.05) is 26.3 Å². The van der Waals surface area contributed by atoms with Crippen molar-refractivity contribution in [1.29, 1.82) is 0 Å².